The molecule has 2 heterocycles. The molecular formula is C26H17F3N2. The Hall–Kier alpha value is -3.73. The van der Waals surface area contributed by atoms with Crippen LogP contribution in [0.5, 0.6) is 0 Å². The van der Waals surface area contributed by atoms with Gasteiger partial charge in [-0.05, 0) is 23.3 Å². The van der Waals surface area contributed by atoms with E-state index in [2.05, 4.69) is 9.97 Å². The highest BCUT2D eigenvalue weighted by Gasteiger charge is 2.44. The van der Waals surface area contributed by atoms with Crippen LogP contribution in [-0.2, 0) is 0 Å². The van der Waals surface area contributed by atoms with Gasteiger partial charge in [-0.2, -0.15) is 13.2 Å². The van der Waals surface area contributed by atoms with Crippen molar-refractivity contribution < 1.29 is 13.2 Å². The Morgan fingerprint density at radius 1 is 0.516 bits per heavy atom. The van der Waals surface area contributed by atoms with E-state index in [4.69, 9.17) is 0 Å². The molecule has 0 bridgehead atoms. The van der Waals surface area contributed by atoms with Gasteiger partial charge in [0.05, 0.1) is 11.0 Å². The minimum absolute atomic E-state index is 0.229. The molecule has 0 aliphatic heterocycles. The summed E-state index contributed by atoms with van der Waals surface area (Å²) in [6.07, 6.45) is -4.46. The smallest absolute Gasteiger partial charge is 0.354 e. The van der Waals surface area contributed by atoms with Gasteiger partial charge in [0.25, 0.3) is 0 Å². The monoisotopic (exact) mass is 414 g/mol. The second-order valence-electron chi connectivity index (χ2n) is 7.86. The first-order valence-electron chi connectivity index (χ1n) is 10.1. The number of rotatable bonds is 2. The highest BCUT2D eigenvalue weighted by molar-refractivity contribution is 6.10. The van der Waals surface area contributed by atoms with Crippen LogP contribution in [0, 0.1) is 0 Å². The third-order valence-electron chi connectivity index (χ3n) is 6.10. The SMILES string of the molecule is FC(F)(F)C(c1cccc2c1[nH]c1ccccc12)c1cccc2c1[nH]c1ccccc12. The summed E-state index contributed by atoms with van der Waals surface area (Å²) in [6.45, 7) is 0. The van der Waals surface area contributed by atoms with Crippen LogP contribution < -0.4 is 0 Å². The topological polar surface area (TPSA) is 31.6 Å². The summed E-state index contributed by atoms with van der Waals surface area (Å²) in [5.41, 5.74) is 3.17. The maximum absolute atomic E-state index is 14.6. The van der Waals surface area contributed by atoms with Gasteiger partial charge in [0.2, 0.25) is 0 Å². The molecule has 6 aromatic rings. The molecule has 0 spiro atoms. The van der Waals surface area contributed by atoms with Gasteiger partial charge in [-0.1, -0.05) is 72.8 Å². The van der Waals surface area contributed by atoms with E-state index in [0.29, 0.717) is 11.0 Å². The number of fused-ring (bicyclic) bond motifs is 6. The molecule has 0 amide bonds. The summed E-state index contributed by atoms with van der Waals surface area (Å²) in [6, 6.07) is 25.5. The van der Waals surface area contributed by atoms with E-state index in [1.54, 1.807) is 24.3 Å². The summed E-state index contributed by atoms with van der Waals surface area (Å²) in [7, 11) is 0. The summed E-state index contributed by atoms with van der Waals surface area (Å²) < 4.78 is 43.9. The molecular weight excluding hydrogens is 397 g/mol. The minimum Gasteiger partial charge on any atom is -0.354 e. The second kappa shape index (κ2) is 6.38. The van der Waals surface area contributed by atoms with Crippen LogP contribution in [0.2, 0.25) is 0 Å². The van der Waals surface area contributed by atoms with Crippen molar-refractivity contribution in [2.24, 2.45) is 0 Å². The molecule has 0 aliphatic carbocycles. The normalized spacial score (nSPS) is 12.6. The molecule has 0 saturated heterocycles. The third kappa shape index (κ3) is 2.66. The number of benzene rings is 4. The largest absolute Gasteiger partial charge is 0.399 e. The van der Waals surface area contributed by atoms with Crippen LogP contribution >= 0.6 is 0 Å². The fraction of sp³-hybridized carbons (Fsp3) is 0.0769. The Kier molecular flexibility index (Phi) is 3.72. The average molecular weight is 414 g/mol. The van der Waals surface area contributed by atoms with Crippen LogP contribution in [0.3, 0.4) is 0 Å². The fourth-order valence-corrected chi connectivity index (χ4v) is 4.79. The van der Waals surface area contributed by atoms with Crippen molar-refractivity contribution in [1.82, 2.24) is 9.97 Å². The highest BCUT2D eigenvalue weighted by Crippen LogP contribution is 2.46. The predicted molar refractivity (Wildman–Crippen MR) is 120 cm³/mol. The predicted octanol–water partition coefficient (Wildman–Crippen LogP) is 7.65. The van der Waals surface area contributed by atoms with E-state index in [-0.39, 0.29) is 11.1 Å². The number of hydrogen-bond donors (Lipinski definition) is 2. The summed E-state index contributed by atoms with van der Waals surface area (Å²) >= 11 is 0. The average Bonchev–Trinajstić information content (AvgIpc) is 3.33. The molecule has 0 unspecified atom stereocenters. The third-order valence-corrected chi connectivity index (χ3v) is 6.10. The fourth-order valence-electron chi connectivity index (χ4n) is 4.79. The molecule has 0 fully saturated rings. The van der Waals surface area contributed by atoms with E-state index >= 15 is 0 Å². The number of alkyl halides is 3. The van der Waals surface area contributed by atoms with Gasteiger partial charge >= 0.3 is 6.18 Å². The number of para-hydroxylation sites is 4. The van der Waals surface area contributed by atoms with Gasteiger partial charge in [-0.3, -0.25) is 0 Å². The lowest BCUT2D eigenvalue weighted by Crippen LogP contribution is -2.22. The van der Waals surface area contributed by atoms with E-state index in [1.165, 1.54) is 0 Å². The van der Waals surface area contributed by atoms with Crippen LogP contribution in [0.1, 0.15) is 17.0 Å². The lowest BCUT2D eigenvalue weighted by Gasteiger charge is -2.22. The van der Waals surface area contributed by atoms with E-state index in [9.17, 15) is 13.2 Å². The number of aromatic nitrogens is 2. The second-order valence-corrected chi connectivity index (χ2v) is 7.86. The van der Waals surface area contributed by atoms with Crippen molar-refractivity contribution in [3.05, 3.63) is 96.1 Å². The maximum atomic E-state index is 14.6. The first-order chi connectivity index (χ1) is 15.0. The molecule has 6 rings (SSSR count). The van der Waals surface area contributed by atoms with Crippen LogP contribution in [0.25, 0.3) is 43.6 Å². The zero-order valence-corrected chi connectivity index (χ0v) is 16.3. The number of aromatic amines is 2. The summed E-state index contributed by atoms with van der Waals surface area (Å²) in [4.78, 5) is 6.47. The zero-order valence-electron chi connectivity index (χ0n) is 16.3. The number of hydrogen-bond acceptors (Lipinski definition) is 0. The molecule has 2 aromatic heterocycles. The lowest BCUT2D eigenvalue weighted by molar-refractivity contribution is -0.140. The van der Waals surface area contributed by atoms with Crippen molar-refractivity contribution in [2.45, 2.75) is 12.1 Å². The van der Waals surface area contributed by atoms with Crippen LogP contribution in [-0.4, -0.2) is 16.1 Å². The summed E-state index contributed by atoms with van der Waals surface area (Å²) in [5.74, 6) is -1.76. The lowest BCUT2D eigenvalue weighted by atomic mass is 9.88. The van der Waals surface area contributed by atoms with Gasteiger partial charge in [0.1, 0.15) is 5.92 Å². The Bertz CT molecular complexity index is 1470. The zero-order chi connectivity index (χ0) is 21.2. The molecule has 0 saturated carbocycles. The maximum Gasteiger partial charge on any atom is 0.399 e. The van der Waals surface area contributed by atoms with Crippen molar-refractivity contribution in [3.63, 3.8) is 0 Å². The first kappa shape index (κ1) is 18.1. The number of H-pyrrole nitrogens is 2. The molecule has 0 atom stereocenters. The standard InChI is InChI=1S/C26H17F3N2/c27-26(28,29)23(19-11-5-9-17-15-7-1-3-13-21(15)30-24(17)19)20-12-6-10-18-16-8-2-4-14-22(16)31-25(18)20/h1-14,23,30-31H. The van der Waals surface area contributed by atoms with Gasteiger partial charge < -0.3 is 9.97 Å². The minimum atomic E-state index is -4.46. The molecule has 0 aliphatic rings. The van der Waals surface area contributed by atoms with Gasteiger partial charge in [0, 0.05) is 32.6 Å². The quantitative estimate of drug-likeness (QED) is 0.292. The first-order valence-corrected chi connectivity index (χ1v) is 10.1. The van der Waals surface area contributed by atoms with Gasteiger partial charge in [-0.25, -0.2) is 0 Å². The van der Waals surface area contributed by atoms with E-state index in [0.717, 1.165) is 32.6 Å². The van der Waals surface area contributed by atoms with Crippen LogP contribution in [0.4, 0.5) is 13.2 Å². The molecule has 4 aromatic carbocycles. The van der Waals surface area contributed by atoms with Crippen molar-refractivity contribution in [2.75, 3.05) is 0 Å². The van der Waals surface area contributed by atoms with Gasteiger partial charge in [-0.15, -0.1) is 0 Å². The van der Waals surface area contributed by atoms with Crippen molar-refractivity contribution >= 4 is 43.6 Å². The molecule has 5 heteroatoms. The van der Waals surface area contributed by atoms with Crippen molar-refractivity contribution in [1.29, 1.82) is 0 Å². The molecule has 31 heavy (non-hydrogen) atoms. The Labute approximate surface area is 175 Å². The van der Waals surface area contributed by atoms with Gasteiger partial charge in [0.15, 0.2) is 0 Å². The Morgan fingerprint density at radius 3 is 1.39 bits per heavy atom. The van der Waals surface area contributed by atoms with E-state index < -0.39 is 12.1 Å². The van der Waals surface area contributed by atoms with E-state index in [1.807, 2.05) is 60.7 Å². The van der Waals surface area contributed by atoms with Crippen LogP contribution in [0.15, 0.2) is 84.9 Å². The Morgan fingerprint density at radius 2 is 0.935 bits per heavy atom. The molecule has 0 radical (unpaired) electrons. The number of nitrogens with one attached hydrogen (secondary N) is 2. The summed E-state index contributed by atoms with van der Waals surface area (Å²) in [5, 5.41) is 3.44. The van der Waals surface area contributed by atoms with Crippen molar-refractivity contribution in [3.8, 4) is 0 Å². The highest BCUT2D eigenvalue weighted by atomic mass is 19.4. The molecule has 2 N–H and O–H groups in total. The Balaban J connectivity index is 1.69. The number of halogens is 3. The molecule has 152 valence electrons. The molecule has 2 nitrogen and oxygen atoms in total.